The van der Waals surface area contributed by atoms with Crippen LogP contribution in [0.25, 0.3) is 10.9 Å². The molecule has 4 heterocycles. The molecule has 0 amide bonds. The van der Waals surface area contributed by atoms with Gasteiger partial charge in [-0.15, -0.1) is 0 Å². The lowest BCUT2D eigenvalue weighted by molar-refractivity contribution is 0.492. The minimum Gasteiger partial charge on any atom is -0.443 e. The number of sulfone groups is 1. The van der Waals surface area contributed by atoms with Gasteiger partial charge in [0.15, 0.2) is 0 Å². The van der Waals surface area contributed by atoms with Crippen LogP contribution in [-0.2, 0) is 22.9 Å². The molecule has 1 atom stereocenters. The van der Waals surface area contributed by atoms with Gasteiger partial charge in [0.2, 0.25) is 5.88 Å². The zero-order valence-corrected chi connectivity index (χ0v) is 23.0. The van der Waals surface area contributed by atoms with Gasteiger partial charge in [-0.3, -0.25) is 19.6 Å². The largest absolute Gasteiger partial charge is 0.443 e. The lowest BCUT2D eigenvalue weighted by atomic mass is 9.92. The molecule has 0 saturated heterocycles. The third kappa shape index (κ3) is 5.98. The van der Waals surface area contributed by atoms with E-state index in [0.29, 0.717) is 25.5 Å². The summed E-state index contributed by atoms with van der Waals surface area (Å²) in [5, 5.41) is 8.76. The van der Waals surface area contributed by atoms with E-state index in [9.17, 15) is 8.42 Å². The number of anilines is 1. The van der Waals surface area contributed by atoms with Gasteiger partial charge in [0, 0.05) is 54.4 Å². The third-order valence-electron chi connectivity index (χ3n) is 6.85. The predicted molar refractivity (Wildman–Crippen MR) is 159 cm³/mol. The molecule has 6 rings (SSSR count). The SMILES string of the molecule is CS(=O)(=O)CCNCc1ccc(N2C=CC3C=NCC(=Nc4ccc5c(cnn5Cc5ccccc5)c4)C3=C2)o1. The molecule has 2 aromatic heterocycles. The highest BCUT2D eigenvalue weighted by Gasteiger charge is 2.24. The number of aliphatic imine (C=N–C) groups is 2. The molecule has 2 aliphatic heterocycles. The van der Waals surface area contributed by atoms with Crippen molar-refractivity contribution in [3.8, 4) is 0 Å². The molecule has 10 heteroatoms. The van der Waals surface area contributed by atoms with E-state index in [0.717, 1.165) is 40.2 Å². The van der Waals surface area contributed by atoms with E-state index in [1.807, 2.05) is 70.8 Å². The zero-order chi connectivity index (χ0) is 27.5. The summed E-state index contributed by atoms with van der Waals surface area (Å²) >= 11 is 0. The molecule has 0 aliphatic carbocycles. The van der Waals surface area contributed by atoms with Crippen LogP contribution in [0, 0.1) is 5.92 Å². The number of hydrogen-bond acceptors (Lipinski definition) is 8. The van der Waals surface area contributed by atoms with Gasteiger partial charge in [-0.05, 0) is 29.8 Å². The van der Waals surface area contributed by atoms with Gasteiger partial charge in [-0.25, -0.2) is 8.42 Å². The van der Waals surface area contributed by atoms with Crippen LogP contribution in [0.15, 0.2) is 105 Å². The highest BCUT2D eigenvalue weighted by atomic mass is 32.2. The Labute approximate surface area is 233 Å². The number of benzene rings is 2. The minimum atomic E-state index is -3.00. The predicted octanol–water partition coefficient (Wildman–Crippen LogP) is 4.50. The summed E-state index contributed by atoms with van der Waals surface area (Å²) in [5.41, 5.74) is 5.11. The summed E-state index contributed by atoms with van der Waals surface area (Å²) < 4.78 is 30.7. The molecule has 0 saturated carbocycles. The van der Waals surface area contributed by atoms with Crippen LogP contribution in [0.4, 0.5) is 11.6 Å². The Kier molecular flexibility index (Phi) is 7.19. The second-order valence-corrected chi connectivity index (χ2v) is 12.2. The van der Waals surface area contributed by atoms with Crippen LogP contribution in [0.3, 0.4) is 0 Å². The van der Waals surface area contributed by atoms with Gasteiger partial charge >= 0.3 is 0 Å². The molecular weight excluding hydrogens is 524 g/mol. The number of allylic oxidation sites excluding steroid dienone is 1. The lowest BCUT2D eigenvalue weighted by Crippen LogP contribution is -2.27. The average Bonchev–Trinajstić information content (AvgIpc) is 3.58. The van der Waals surface area contributed by atoms with Crippen LogP contribution in [0.1, 0.15) is 11.3 Å². The van der Waals surface area contributed by atoms with Gasteiger partial charge in [-0.1, -0.05) is 36.4 Å². The van der Waals surface area contributed by atoms with E-state index in [1.54, 1.807) is 0 Å². The van der Waals surface area contributed by atoms with Crippen LogP contribution < -0.4 is 10.2 Å². The number of nitrogens with zero attached hydrogens (tertiary/aromatic N) is 5. The minimum absolute atomic E-state index is 0.0493. The fraction of sp³-hybridized carbons (Fsp3) is 0.233. The Morgan fingerprint density at radius 2 is 2.00 bits per heavy atom. The molecule has 204 valence electrons. The number of hydrogen-bond donors (Lipinski definition) is 1. The lowest BCUT2D eigenvalue weighted by Gasteiger charge is -2.26. The Bertz CT molecular complexity index is 1750. The van der Waals surface area contributed by atoms with Crippen LogP contribution >= 0.6 is 0 Å². The molecular formula is C30H30N6O3S. The van der Waals surface area contributed by atoms with E-state index in [2.05, 4.69) is 45.7 Å². The van der Waals surface area contributed by atoms with Gasteiger partial charge in [0.05, 0.1) is 48.5 Å². The summed E-state index contributed by atoms with van der Waals surface area (Å²) in [5.74, 6) is 1.55. The Balaban J connectivity index is 1.19. The van der Waals surface area contributed by atoms with E-state index in [1.165, 1.54) is 11.8 Å². The summed E-state index contributed by atoms with van der Waals surface area (Å²) in [6, 6.07) is 20.3. The summed E-state index contributed by atoms with van der Waals surface area (Å²) in [4.78, 5) is 11.5. The standard InChI is InChI=1S/C30H30N6O3S/c1-40(37,38)14-12-31-18-26-8-10-30(39-26)35-13-11-23-16-32-19-28(27(23)21-35)34-25-7-9-29-24(15-25)17-33-36(29)20-22-5-3-2-4-6-22/h2-11,13,15-17,21,23,31H,12,14,18-20H2,1H3. The van der Waals surface area contributed by atoms with Crippen LogP contribution in [0.5, 0.6) is 0 Å². The Morgan fingerprint density at radius 3 is 2.85 bits per heavy atom. The van der Waals surface area contributed by atoms with Crippen molar-refractivity contribution in [3.05, 3.63) is 102 Å². The number of aromatic nitrogens is 2. The second kappa shape index (κ2) is 11.1. The Hall–Kier alpha value is -4.28. The van der Waals surface area contributed by atoms with Gasteiger partial charge in [-0.2, -0.15) is 5.10 Å². The van der Waals surface area contributed by atoms with E-state index < -0.39 is 9.84 Å². The van der Waals surface area contributed by atoms with Crippen molar-refractivity contribution in [3.63, 3.8) is 0 Å². The smallest absolute Gasteiger partial charge is 0.203 e. The van der Waals surface area contributed by atoms with Crippen molar-refractivity contribution >= 4 is 44.2 Å². The normalized spacial score (nSPS) is 17.9. The summed E-state index contributed by atoms with van der Waals surface area (Å²) in [6.45, 7) is 2.05. The van der Waals surface area contributed by atoms with Gasteiger partial charge < -0.3 is 9.73 Å². The highest BCUT2D eigenvalue weighted by Crippen LogP contribution is 2.30. The maximum absolute atomic E-state index is 11.3. The Morgan fingerprint density at radius 1 is 1.12 bits per heavy atom. The molecule has 4 aromatic rings. The van der Waals surface area contributed by atoms with Crippen molar-refractivity contribution in [1.82, 2.24) is 15.1 Å². The topological polar surface area (TPSA) is 105 Å². The fourth-order valence-electron chi connectivity index (χ4n) is 4.80. The van der Waals surface area contributed by atoms with Crippen molar-refractivity contribution in [2.75, 3.05) is 30.0 Å². The molecule has 1 N–H and O–H groups in total. The summed E-state index contributed by atoms with van der Waals surface area (Å²) in [6.07, 6.45) is 11.2. The molecule has 0 bridgehead atoms. The molecule has 2 aliphatic rings. The zero-order valence-electron chi connectivity index (χ0n) is 22.1. The third-order valence-corrected chi connectivity index (χ3v) is 7.79. The number of nitrogens with one attached hydrogen (secondary N) is 1. The number of rotatable bonds is 9. The first-order valence-electron chi connectivity index (χ1n) is 13.1. The first-order valence-corrected chi connectivity index (χ1v) is 15.2. The molecule has 9 nitrogen and oxygen atoms in total. The number of furan rings is 1. The molecule has 1 unspecified atom stereocenters. The quantitative estimate of drug-likeness (QED) is 0.306. The van der Waals surface area contributed by atoms with E-state index in [-0.39, 0.29) is 11.7 Å². The van der Waals surface area contributed by atoms with Gasteiger partial charge in [0.1, 0.15) is 15.6 Å². The van der Waals surface area contributed by atoms with E-state index in [4.69, 9.17) is 9.41 Å². The van der Waals surface area contributed by atoms with Crippen molar-refractivity contribution in [1.29, 1.82) is 0 Å². The molecule has 0 spiro atoms. The summed E-state index contributed by atoms with van der Waals surface area (Å²) in [7, 11) is -3.00. The average molecular weight is 555 g/mol. The maximum Gasteiger partial charge on any atom is 0.203 e. The molecule has 40 heavy (non-hydrogen) atoms. The fourth-order valence-corrected chi connectivity index (χ4v) is 5.31. The maximum atomic E-state index is 11.3. The second-order valence-electron chi connectivity index (χ2n) is 9.98. The molecule has 2 aromatic carbocycles. The van der Waals surface area contributed by atoms with Gasteiger partial charge in [0.25, 0.3) is 0 Å². The monoisotopic (exact) mass is 554 g/mol. The van der Waals surface area contributed by atoms with Crippen LogP contribution in [0.2, 0.25) is 0 Å². The van der Waals surface area contributed by atoms with E-state index >= 15 is 0 Å². The first kappa shape index (κ1) is 26.0. The molecule has 0 fully saturated rings. The number of fused-ring (bicyclic) bond motifs is 2. The molecule has 0 radical (unpaired) electrons. The first-order chi connectivity index (χ1) is 19.4. The van der Waals surface area contributed by atoms with Crippen molar-refractivity contribution < 1.29 is 12.8 Å². The van der Waals surface area contributed by atoms with Crippen molar-refractivity contribution in [2.24, 2.45) is 15.9 Å². The van der Waals surface area contributed by atoms with Crippen molar-refractivity contribution in [2.45, 2.75) is 13.1 Å². The van der Waals surface area contributed by atoms with Crippen LogP contribution in [-0.4, -0.2) is 55.2 Å². The highest BCUT2D eigenvalue weighted by molar-refractivity contribution is 7.90.